The van der Waals surface area contributed by atoms with Crippen molar-refractivity contribution in [3.63, 3.8) is 0 Å². The molecule has 0 aromatic carbocycles. The Bertz CT molecular complexity index is 454. The molecule has 0 saturated heterocycles. The lowest BCUT2D eigenvalue weighted by Crippen LogP contribution is -2.11. The Morgan fingerprint density at radius 1 is 1.61 bits per heavy atom. The second-order valence-corrected chi connectivity index (χ2v) is 5.26. The van der Waals surface area contributed by atoms with E-state index in [1.807, 2.05) is 6.92 Å². The largest absolute Gasteiger partial charge is 0.465 e. The first-order valence-electron chi connectivity index (χ1n) is 5.47. The van der Waals surface area contributed by atoms with Crippen molar-refractivity contribution in [2.24, 2.45) is 0 Å². The number of hydrogen-bond acceptors (Lipinski definition) is 4. The summed E-state index contributed by atoms with van der Waals surface area (Å²) in [6.45, 7) is 2.02. The molecule has 1 aromatic rings. The molecule has 0 bridgehead atoms. The molecule has 1 N–H and O–H groups in total. The van der Waals surface area contributed by atoms with Gasteiger partial charge in [0.2, 0.25) is 0 Å². The molecule has 1 aromatic heterocycles. The number of esters is 1. The van der Waals surface area contributed by atoms with Crippen LogP contribution in [0.15, 0.2) is 12.3 Å². The number of pyridine rings is 1. The molecule has 0 spiro atoms. The molecule has 1 heterocycles. The molecule has 1 rings (SSSR count). The van der Waals surface area contributed by atoms with Crippen LogP contribution in [-0.4, -0.2) is 28.0 Å². The number of hydrogen-bond donors (Lipinski definition) is 1. The van der Waals surface area contributed by atoms with Crippen LogP contribution in [0.4, 0.5) is 5.82 Å². The second kappa shape index (κ2) is 7.33. The number of ether oxygens (including phenoxy) is 1. The zero-order valence-corrected chi connectivity index (χ0v) is 11.8. The lowest BCUT2D eigenvalue weighted by atomic mass is 10.2. The van der Waals surface area contributed by atoms with E-state index in [1.54, 1.807) is 0 Å². The molecule has 0 fully saturated rings. The Kier molecular flexibility index (Phi) is 6.07. The van der Waals surface area contributed by atoms with Gasteiger partial charge in [0, 0.05) is 11.9 Å². The third-order valence-electron chi connectivity index (χ3n) is 2.16. The van der Waals surface area contributed by atoms with E-state index in [2.05, 4.69) is 14.4 Å². The molecule has 0 aliphatic heterocycles. The van der Waals surface area contributed by atoms with E-state index in [-0.39, 0.29) is 10.6 Å². The van der Waals surface area contributed by atoms with Crippen molar-refractivity contribution in [1.82, 2.24) is 4.98 Å². The van der Waals surface area contributed by atoms with Crippen molar-refractivity contribution in [3.05, 3.63) is 22.8 Å². The molecule has 1 atom stereocenters. The minimum Gasteiger partial charge on any atom is -0.465 e. The van der Waals surface area contributed by atoms with Crippen LogP contribution in [0.3, 0.4) is 0 Å². The number of aromatic nitrogens is 1. The van der Waals surface area contributed by atoms with Gasteiger partial charge in [-0.3, -0.25) is 4.72 Å². The molecular formula is C11H15ClN2O3S. The van der Waals surface area contributed by atoms with Gasteiger partial charge in [-0.15, -0.1) is 0 Å². The molecule has 0 aliphatic rings. The van der Waals surface area contributed by atoms with Gasteiger partial charge in [-0.25, -0.2) is 14.0 Å². The van der Waals surface area contributed by atoms with E-state index in [0.29, 0.717) is 11.6 Å². The van der Waals surface area contributed by atoms with Gasteiger partial charge in [-0.05, 0) is 12.5 Å². The van der Waals surface area contributed by atoms with Crippen LogP contribution in [-0.2, 0) is 15.7 Å². The highest BCUT2D eigenvalue weighted by atomic mass is 35.5. The van der Waals surface area contributed by atoms with Gasteiger partial charge in [0.15, 0.2) is 0 Å². The number of anilines is 1. The standard InChI is InChI=1S/C11H15ClN2O3S/c1-3-4-5-18(16)14-10-6-8(11(15)17-2)9(12)7-13-10/h6-7H,3-5H2,1-2H3,(H,13,14). The summed E-state index contributed by atoms with van der Waals surface area (Å²) in [4.78, 5) is 15.4. The fraction of sp³-hybridized carbons (Fsp3) is 0.455. The minimum atomic E-state index is -1.21. The number of nitrogens with one attached hydrogen (secondary N) is 1. The maximum absolute atomic E-state index is 11.6. The maximum Gasteiger partial charge on any atom is 0.339 e. The molecular weight excluding hydrogens is 276 g/mol. The Labute approximate surface area is 113 Å². The topological polar surface area (TPSA) is 68.3 Å². The van der Waals surface area contributed by atoms with Crippen LogP contribution in [0.2, 0.25) is 5.02 Å². The Balaban J connectivity index is 2.79. The fourth-order valence-electron chi connectivity index (χ4n) is 1.20. The summed E-state index contributed by atoms with van der Waals surface area (Å²) in [5.74, 6) is 0.327. The van der Waals surface area contributed by atoms with Gasteiger partial charge in [-0.1, -0.05) is 24.9 Å². The number of halogens is 1. The minimum absolute atomic E-state index is 0.198. The third-order valence-corrected chi connectivity index (χ3v) is 3.56. The monoisotopic (exact) mass is 290 g/mol. The average molecular weight is 291 g/mol. The SMILES string of the molecule is CCCCS(=O)Nc1cc(C(=O)OC)c(Cl)cn1. The van der Waals surface area contributed by atoms with Crippen LogP contribution in [0.25, 0.3) is 0 Å². The Morgan fingerprint density at radius 2 is 2.33 bits per heavy atom. The van der Waals surface area contributed by atoms with Crippen molar-refractivity contribution in [3.8, 4) is 0 Å². The van der Waals surface area contributed by atoms with Gasteiger partial charge in [0.05, 0.1) is 17.7 Å². The first kappa shape index (κ1) is 14.9. The number of nitrogens with zero attached hydrogens (tertiary/aromatic N) is 1. The number of unbranched alkanes of at least 4 members (excludes halogenated alkanes) is 1. The van der Waals surface area contributed by atoms with Crippen LogP contribution in [0.1, 0.15) is 30.1 Å². The summed E-state index contributed by atoms with van der Waals surface area (Å²) in [5.41, 5.74) is 0.198. The molecule has 0 amide bonds. The van der Waals surface area contributed by atoms with Gasteiger partial charge in [0.1, 0.15) is 16.8 Å². The van der Waals surface area contributed by atoms with Gasteiger partial charge >= 0.3 is 5.97 Å². The normalized spacial score (nSPS) is 11.9. The first-order chi connectivity index (χ1) is 8.58. The summed E-state index contributed by atoms with van der Waals surface area (Å²) < 4.78 is 18.9. The second-order valence-electron chi connectivity index (χ2n) is 3.55. The van der Waals surface area contributed by atoms with E-state index in [4.69, 9.17) is 11.6 Å². The zero-order valence-electron chi connectivity index (χ0n) is 10.2. The summed E-state index contributed by atoms with van der Waals surface area (Å²) in [5, 5.41) is 0.201. The number of methoxy groups -OCH3 is 1. The molecule has 18 heavy (non-hydrogen) atoms. The van der Waals surface area contributed by atoms with Crippen molar-refractivity contribution < 1.29 is 13.7 Å². The van der Waals surface area contributed by atoms with Gasteiger partial charge in [-0.2, -0.15) is 0 Å². The summed E-state index contributed by atoms with van der Waals surface area (Å²) in [7, 11) is 0.0608. The fourth-order valence-corrected chi connectivity index (χ4v) is 2.38. The summed E-state index contributed by atoms with van der Waals surface area (Å²) in [6, 6.07) is 1.43. The van der Waals surface area contributed by atoms with Crippen molar-refractivity contribution in [1.29, 1.82) is 0 Å². The van der Waals surface area contributed by atoms with Crippen LogP contribution in [0, 0.1) is 0 Å². The van der Waals surface area contributed by atoms with E-state index >= 15 is 0 Å². The molecule has 0 radical (unpaired) electrons. The van der Waals surface area contributed by atoms with Crippen LogP contribution >= 0.6 is 11.6 Å². The number of carbonyl (C=O) groups is 1. The van der Waals surface area contributed by atoms with Crippen LogP contribution in [0.5, 0.6) is 0 Å². The lowest BCUT2D eigenvalue weighted by Gasteiger charge is -2.07. The van der Waals surface area contributed by atoms with Crippen molar-refractivity contribution in [2.45, 2.75) is 19.8 Å². The summed E-state index contributed by atoms with van der Waals surface area (Å²) >= 11 is 5.82. The predicted molar refractivity (Wildman–Crippen MR) is 72.1 cm³/mol. The predicted octanol–water partition coefficient (Wildman–Crippen LogP) is 2.40. The molecule has 7 heteroatoms. The molecule has 0 aliphatic carbocycles. The lowest BCUT2D eigenvalue weighted by molar-refractivity contribution is 0.0601. The highest BCUT2D eigenvalue weighted by Gasteiger charge is 2.13. The maximum atomic E-state index is 11.6. The first-order valence-corrected chi connectivity index (χ1v) is 7.17. The Morgan fingerprint density at radius 3 is 2.94 bits per heavy atom. The highest BCUT2D eigenvalue weighted by molar-refractivity contribution is 7.86. The number of rotatable bonds is 6. The van der Waals surface area contributed by atoms with Crippen molar-refractivity contribution in [2.75, 3.05) is 17.6 Å². The van der Waals surface area contributed by atoms with E-state index in [0.717, 1.165) is 12.8 Å². The van der Waals surface area contributed by atoms with Gasteiger partial charge in [0.25, 0.3) is 0 Å². The summed E-state index contributed by atoms with van der Waals surface area (Å²) in [6.07, 6.45) is 3.15. The molecule has 5 nitrogen and oxygen atoms in total. The molecule has 100 valence electrons. The average Bonchev–Trinajstić information content (AvgIpc) is 2.37. The van der Waals surface area contributed by atoms with Crippen LogP contribution < -0.4 is 4.72 Å². The Hall–Kier alpha value is -1.14. The van der Waals surface area contributed by atoms with Gasteiger partial charge < -0.3 is 4.74 Å². The van der Waals surface area contributed by atoms with E-state index < -0.39 is 17.0 Å². The van der Waals surface area contributed by atoms with E-state index in [9.17, 15) is 9.00 Å². The third kappa shape index (κ3) is 4.27. The molecule has 1 unspecified atom stereocenters. The molecule has 0 saturated carbocycles. The highest BCUT2D eigenvalue weighted by Crippen LogP contribution is 2.19. The van der Waals surface area contributed by atoms with E-state index in [1.165, 1.54) is 19.4 Å². The quantitative estimate of drug-likeness (QED) is 0.817. The van der Waals surface area contributed by atoms with Crippen molar-refractivity contribution >= 4 is 34.4 Å². The zero-order chi connectivity index (χ0) is 13.5. The smallest absolute Gasteiger partial charge is 0.339 e. The number of carbonyl (C=O) groups excluding carboxylic acids is 1.